The third kappa shape index (κ3) is 2.73. The molecule has 0 aromatic carbocycles. The Balaban J connectivity index is 2.47. The molecule has 0 aliphatic carbocycles. The highest BCUT2D eigenvalue weighted by Crippen LogP contribution is 2.33. The summed E-state index contributed by atoms with van der Waals surface area (Å²) < 4.78 is 9.35. The molecule has 1 unspecified atom stereocenters. The van der Waals surface area contributed by atoms with Gasteiger partial charge in [0, 0.05) is 6.20 Å². The minimum absolute atomic E-state index is 0.270. The number of nitrogens with two attached hydrogens (primary N) is 1. The average molecular weight is 279 g/mol. The number of nitrogens with zero attached hydrogens (tertiary/aromatic N) is 3. The van der Waals surface area contributed by atoms with E-state index in [2.05, 4.69) is 33.8 Å². The second kappa shape index (κ2) is 6.05. The molecule has 0 aliphatic heterocycles. The molecule has 0 saturated heterocycles. The van der Waals surface area contributed by atoms with Crippen molar-refractivity contribution >= 4 is 11.5 Å². The summed E-state index contributed by atoms with van der Waals surface area (Å²) in [6.07, 6.45) is 1.71. The Kier molecular flexibility index (Phi) is 4.41. The minimum atomic E-state index is -0.270. The van der Waals surface area contributed by atoms with Crippen LogP contribution < -0.4 is 16.0 Å². The highest BCUT2D eigenvalue weighted by Gasteiger charge is 2.25. The van der Waals surface area contributed by atoms with Crippen molar-refractivity contribution < 1.29 is 4.74 Å². The summed E-state index contributed by atoms with van der Waals surface area (Å²) in [5.74, 6) is 6.66. The number of hydrogen-bond donors (Lipinski definition) is 2. The van der Waals surface area contributed by atoms with E-state index >= 15 is 0 Å². The van der Waals surface area contributed by atoms with E-state index in [1.165, 1.54) is 11.5 Å². The molecule has 0 amide bonds. The van der Waals surface area contributed by atoms with Crippen LogP contribution in [0.3, 0.4) is 0 Å². The van der Waals surface area contributed by atoms with Crippen LogP contribution >= 0.6 is 11.5 Å². The van der Waals surface area contributed by atoms with Crippen LogP contribution in [0.25, 0.3) is 0 Å². The molecule has 2 heterocycles. The van der Waals surface area contributed by atoms with Crippen LogP contribution in [0.5, 0.6) is 5.75 Å². The number of rotatable bonds is 5. The van der Waals surface area contributed by atoms with Gasteiger partial charge in [0.1, 0.15) is 17.5 Å². The van der Waals surface area contributed by atoms with Gasteiger partial charge in [0.05, 0.1) is 17.7 Å². The first-order valence-corrected chi connectivity index (χ1v) is 6.73. The predicted molar refractivity (Wildman–Crippen MR) is 74.0 cm³/mol. The zero-order chi connectivity index (χ0) is 13.8. The van der Waals surface area contributed by atoms with Crippen LogP contribution in [-0.4, -0.2) is 21.7 Å². The number of hydrogen-bond acceptors (Lipinski definition) is 7. The molecule has 0 bridgehead atoms. The van der Waals surface area contributed by atoms with E-state index < -0.39 is 0 Å². The van der Waals surface area contributed by atoms with Crippen LogP contribution in [0.4, 0.5) is 0 Å². The summed E-state index contributed by atoms with van der Waals surface area (Å²) in [6, 6.07) is 3.41. The van der Waals surface area contributed by atoms with Crippen LogP contribution in [0.2, 0.25) is 0 Å². The van der Waals surface area contributed by atoms with E-state index in [-0.39, 0.29) is 12.0 Å². The molecule has 2 aromatic heterocycles. The molecule has 3 N–H and O–H groups in total. The number of nitrogens with one attached hydrogen (secondary N) is 1. The lowest BCUT2D eigenvalue weighted by atomic mass is 10.0. The molecule has 2 aromatic rings. The molecule has 0 fully saturated rings. The molecular formula is C12H17N5OS. The first-order chi connectivity index (χ1) is 9.19. The quantitative estimate of drug-likeness (QED) is 0.639. The van der Waals surface area contributed by atoms with Gasteiger partial charge in [-0.2, -0.15) is 0 Å². The smallest absolute Gasteiger partial charge is 0.142 e. The maximum absolute atomic E-state index is 5.69. The Labute approximate surface area is 116 Å². The highest BCUT2D eigenvalue weighted by molar-refractivity contribution is 7.05. The normalized spacial score (nSPS) is 12.7. The van der Waals surface area contributed by atoms with Crippen LogP contribution in [0.1, 0.15) is 42.1 Å². The van der Waals surface area contributed by atoms with Gasteiger partial charge in [-0.15, -0.1) is 5.10 Å². The fourth-order valence-corrected chi connectivity index (χ4v) is 2.75. The Bertz CT molecular complexity index is 542. The van der Waals surface area contributed by atoms with E-state index in [1.54, 1.807) is 13.3 Å². The van der Waals surface area contributed by atoms with Crippen molar-refractivity contribution in [3.05, 3.63) is 34.6 Å². The summed E-state index contributed by atoms with van der Waals surface area (Å²) >= 11 is 1.33. The number of ether oxygens (including phenoxy) is 1. The second-order valence-corrected chi connectivity index (χ2v) is 5.15. The first kappa shape index (κ1) is 13.9. The lowest BCUT2D eigenvalue weighted by molar-refractivity contribution is 0.400. The topological polar surface area (TPSA) is 86.0 Å². The first-order valence-electron chi connectivity index (χ1n) is 5.96. The molecule has 7 heteroatoms. The second-order valence-electron chi connectivity index (χ2n) is 4.37. The molecule has 1 atom stereocenters. The SMILES string of the molecule is COc1cccnc1C(NN)c1snnc1C(C)C. The Hall–Kier alpha value is -1.57. The van der Waals surface area contributed by atoms with Gasteiger partial charge in [-0.1, -0.05) is 18.3 Å². The van der Waals surface area contributed by atoms with Gasteiger partial charge in [-0.3, -0.25) is 10.8 Å². The van der Waals surface area contributed by atoms with Crippen molar-refractivity contribution in [2.75, 3.05) is 7.11 Å². The average Bonchev–Trinajstić information content (AvgIpc) is 2.89. The van der Waals surface area contributed by atoms with E-state index in [0.29, 0.717) is 5.75 Å². The molecule has 19 heavy (non-hydrogen) atoms. The Morgan fingerprint density at radius 2 is 2.16 bits per heavy atom. The maximum Gasteiger partial charge on any atom is 0.142 e. The van der Waals surface area contributed by atoms with Crippen molar-refractivity contribution in [3.8, 4) is 5.75 Å². The fourth-order valence-electron chi connectivity index (χ4n) is 1.88. The lowest BCUT2D eigenvalue weighted by Crippen LogP contribution is -2.30. The fraction of sp³-hybridized carbons (Fsp3) is 0.417. The zero-order valence-electron chi connectivity index (χ0n) is 11.1. The molecule has 0 saturated carbocycles. The number of hydrazine groups is 1. The summed E-state index contributed by atoms with van der Waals surface area (Å²) in [5.41, 5.74) is 4.45. The summed E-state index contributed by atoms with van der Waals surface area (Å²) in [6.45, 7) is 4.15. The summed E-state index contributed by atoms with van der Waals surface area (Å²) in [5, 5.41) is 4.17. The molecule has 2 rings (SSSR count). The summed E-state index contributed by atoms with van der Waals surface area (Å²) in [7, 11) is 1.61. The maximum atomic E-state index is 5.69. The van der Waals surface area contributed by atoms with Crippen molar-refractivity contribution in [2.24, 2.45) is 5.84 Å². The zero-order valence-corrected chi connectivity index (χ0v) is 11.9. The van der Waals surface area contributed by atoms with Gasteiger partial charge in [0.25, 0.3) is 0 Å². The van der Waals surface area contributed by atoms with E-state index in [9.17, 15) is 0 Å². The Morgan fingerprint density at radius 3 is 2.79 bits per heavy atom. The molecule has 0 aliphatic rings. The van der Waals surface area contributed by atoms with Crippen LogP contribution in [-0.2, 0) is 0 Å². The van der Waals surface area contributed by atoms with Crippen LogP contribution in [0.15, 0.2) is 18.3 Å². The minimum Gasteiger partial charge on any atom is -0.495 e. The van der Waals surface area contributed by atoms with Crippen molar-refractivity contribution in [2.45, 2.75) is 25.8 Å². The standard InChI is InChI=1S/C12H17N5OS/c1-7(2)9-12(19-17-16-9)11(15-13)10-8(18-3)5-4-6-14-10/h4-7,11,15H,13H2,1-3H3. The Morgan fingerprint density at radius 1 is 1.37 bits per heavy atom. The molecule has 102 valence electrons. The molecule has 6 nitrogen and oxygen atoms in total. The molecule has 0 radical (unpaired) electrons. The van der Waals surface area contributed by atoms with Gasteiger partial charge >= 0.3 is 0 Å². The van der Waals surface area contributed by atoms with Gasteiger partial charge in [-0.25, -0.2) is 5.43 Å². The summed E-state index contributed by atoms with van der Waals surface area (Å²) in [4.78, 5) is 5.33. The third-order valence-electron chi connectivity index (χ3n) is 2.81. The van der Waals surface area contributed by atoms with Gasteiger partial charge in [0.2, 0.25) is 0 Å². The van der Waals surface area contributed by atoms with Crippen molar-refractivity contribution in [3.63, 3.8) is 0 Å². The number of pyridine rings is 1. The van der Waals surface area contributed by atoms with Crippen molar-refractivity contribution in [1.82, 2.24) is 20.0 Å². The lowest BCUT2D eigenvalue weighted by Gasteiger charge is -2.17. The van der Waals surface area contributed by atoms with E-state index in [4.69, 9.17) is 10.6 Å². The highest BCUT2D eigenvalue weighted by atomic mass is 32.1. The van der Waals surface area contributed by atoms with Crippen LogP contribution in [0, 0.1) is 0 Å². The largest absolute Gasteiger partial charge is 0.495 e. The van der Waals surface area contributed by atoms with Gasteiger partial charge in [-0.05, 0) is 29.6 Å². The van der Waals surface area contributed by atoms with E-state index in [1.807, 2.05) is 12.1 Å². The number of methoxy groups -OCH3 is 1. The van der Waals surface area contributed by atoms with Gasteiger partial charge < -0.3 is 4.74 Å². The van der Waals surface area contributed by atoms with Crippen molar-refractivity contribution in [1.29, 1.82) is 0 Å². The monoisotopic (exact) mass is 279 g/mol. The molecule has 0 spiro atoms. The third-order valence-corrected chi connectivity index (χ3v) is 3.61. The van der Waals surface area contributed by atoms with Gasteiger partial charge in [0.15, 0.2) is 0 Å². The predicted octanol–water partition coefficient (Wildman–Crippen LogP) is 1.62. The molecular weight excluding hydrogens is 262 g/mol. The van der Waals surface area contributed by atoms with E-state index in [0.717, 1.165) is 16.3 Å². The number of aromatic nitrogens is 3.